The van der Waals surface area contributed by atoms with Gasteiger partial charge in [0.05, 0.1) is 13.7 Å². The Morgan fingerprint density at radius 2 is 1.84 bits per heavy atom. The molecule has 0 saturated heterocycles. The average molecular weight is 346 g/mol. The Labute approximate surface area is 144 Å². The summed E-state index contributed by atoms with van der Waals surface area (Å²) in [5.41, 5.74) is -1.30. The summed E-state index contributed by atoms with van der Waals surface area (Å²) in [6.45, 7) is 1.59. The van der Waals surface area contributed by atoms with Crippen molar-refractivity contribution >= 4 is 23.7 Å². The minimum absolute atomic E-state index is 0.00313. The van der Waals surface area contributed by atoms with Gasteiger partial charge in [0.15, 0.2) is 6.10 Å². The Balaban J connectivity index is 2.71. The summed E-state index contributed by atoms with van der Waals surface area (Å²) in [5, 5.41) is 9.04. The molecule has 0 spiro atoms. The number of carbonyl (C=O) groups is 3. The zero-order valence-corrected chi connectivity index (χ0v) is 13.8. The fourth-order valence-corrected chi connectivity index (χ4v) is 2.80. The number of hydrogen-bond acceptors (Lipinski definition) is 6. The fourth-order valence-electron chi connectivity index (χ4n) is 2.80. The van der Waals surface area contributed by atoms with Crippen LogP contribution in [0.2, 0.25) is 0 Å². The Hall–Kier alpha value is -3.09. The Morgan fingerprint density at radius 3 is 2.40 bits per heavy atom. The Morgan fingerprint density at radius 1 is 1.16 bits per heavy atom. The van der Waals surface area contributed by atoms with Gasteiger partial charge >= 0.3 is 18.1 Å². The highest BCUT2D eigenvalue weighted by molar-refractivity contribution is 6.14. The van der Waals surface area contributed by atoms with Crippen LogP contribution in [0.5, 0.6) is 0 Å². The number of allylic oxidation sites excluding steroid dienone is 2. The molecule has 0 amide bonds. The minimum Gasteiger partial charge on any atom is -0.468 e. The molecule has 1 N–H and O–H groups in total. The maximum absolute atomic E-state index is 12.8. The summed E-state index contributed by atoms with van der Waals surface area (Å²) in [4.78, 5) is 36.6. The lowest BCUT2D eigenvalue weighted by Gasteiger charge is -2.37. The number of carboxylic acid groups (broad SMARTS) is 1. The van der Waals surface area contributed by atoms with Gasteiger partial charge in [0, 0.05) is 0 Å². The third kappa shape index (κ3) is 3.26. The first-order chi connectivity index (χ1) is 12.0. The molecule has 0 fully saturated rings. The van der Waals surface area contributed by atoms with Crippen molar-refractivity contribution in [2.45, 2.75) is 13.0 Å². The molecule has 25 heavy (non-hydrogen) atoms. The molecule has 0 bridgehead atoms. The van der Waals surface area contributed by atoms with Crippen molar-refractivity contribution in [3.05, 3.63) is 54.1 Å². The maximum atomic E-state index is 12.8. The molecule has 0 heterocycles. The number of benzene rings is 1. The molecule has 0 saturated carbocycles. The predicted octanol–water partition coefficient (Wildman–Crippen LogP) is 2.43. The smallest absolute Gasteiger partial charge is 0.468 e. The number of carbonyl (C=O) groups excluding carboxylic acids is 2. The molecule has 1 aliphatic rings. The van der Waals surface area contributed by atoms with Crippen molar-refractivity contribution in [3.63, 3.8) is 0 Å². The van der Waals surface area contributed by atoms with Crippen LogP contribution in [0.3, 0.4) is 0 Å². The monoisotopic (exact) mass is 346 g/mol. The molecule has 2 unspecified atom stereocenters. The van der Waals surface area contributed by atoms with Gasteiger partial charge in [-0.15, -0.1) is 0 Å². The second-order valence-corrected chi connectivity index (χ2v) is 5.16. The van der Waals surface area contributed by atoms with E-state index in [1.165, 1.54) is 12.2 Å². The second kappa shape index (κ2) is 7.65. The normalized spacial score (nSPS) is 21.8. The van der Waals surface area contributed by atoms with Crippen molar-refractivity contribution in [1.82, 2.24) is 0 Å². The van der Waals surface area contributed by atoms with Crippen LogP contribution in [0.4, 0.5) is 4.79 Å². The molecule has 2 rings (SSSR count). The Bertz CT molecular complexity index is 720. The molecule has 0 aromatic heterocycles. The first kappa shape index (κ1) is 18.3. The van der Waals surface area contributed by atoms with E-state index in [-0.39, 0.29) is 12.2 Å². The third-order valence-corrected chi connectivity index (χ3v) is 3.82. The lowest BCUT2D eigenvalue weighted by atomic mass is 9.69. The van der Waals surface area contributed by atoms with Crippen LogP contribution in [0.1, 0.15) is 12.5 Å². The van der Waals surface area contributed by atoms with Crippen molar-refractivity contribution in [2.75, 3.05) is 13.7 Å². The topological polar surface area (TPSA) is 99.1 Å². The van der Waals surface area contributed by atoms with E-state index < -0.39 is 29.6 Å². The number of hydrogen-bond donors (Lipinski definition) is 1. The highest BCUT2D eigenvalue weighted by Crippen LogP contribution is 2.45. The second-order valence-electron chi connectivity index (χ2n) is 5.16. The van der Waals surface area contributed by atoms with Gasteiger partial charge in [-0.1, -0.05) is 42.5 Å². The summed E-state index contributed by atoms with van der Waals surface area (Å²) < 4.78 is 14.8. The summed E-state index contributed by atoms with van der Waals surface area (Å²) >= 11 is 0. The van der Waals surface area contributed by atoms with E-state index in [0.717, 1.165) is 7.11 Å². The molecule has 1 aliphatic carbocycles. The van der Waals surface area contributed by atoms with Gasteiger partial charge in [-0.3, -0.25) is 9.59 Å². The Kier molecular flexibility index (Phi) is 5.59. The zero-order chi connectivity index (χ0) is 18.4. The first-order valence-corrected chi connectivity index (χ1v) is 7.58. The van der Waals surface area contributed by atoms with Gasteiger partial charge in [0.25, 0.3) is 0 Å². The van der Waals surface area contributed by atoms with E-state index >= 15 is 0 Å². The molecule has 7 nitrogen and oxygen atoms in total. The molecule has 1 aromatic carbocycles. The van der Waals surface area contributed by atoms with Gasteiger partial charge in [-0.25, -0.2) is 4.79 Å². The quantitative estimate of drug-likeness (QED) is 0.496. The van der Waals surface area contributed by atoms with E-state index in [9.17, 15) is 14.4 Å². The molecule has 7 heteroatoms. The van der Waals surface area contributed by atoms with E-state index in [2.05, 4.69) is 0 Å². The van der Waals surface area contributed by atoms with E-state index in [1.807, 2.05) is 0 Å². The van der Waals surface area contributed by atoms with Crippen molar-refractivity contribution in [1.29, 1.82) is 0 Å². The van der Waals surface area contributed by atoms with Gasteiger partial charge in [-0.2, -0.15) is 0 Å². The van der Waals surface area contributed by atoms with Crippen LogP contribution in [0, 0.1) is 5.41 Å². The molecule has 132 valence electrons. The maximum Gasteiger partial charge on any atom is 0.506 e. The molecule has 0 radical (unpaired) electrons. The summed E-state index contributed by atoms with van der Waals surface area (Å²) in [7, 11) is 1.11. The zero-order valence-electron chi connectivity index (χ0n) is 13.8. The highest BCUT2D eigenvalue weighted by Gasteiger charge is 2.60. The van der Waals surface area contributed by atoms with Gasteiger partial charge in [-0.05, 0) is 24.1 Å². The standard InChI is InChI=1S/C18H18O7/c1-3-24-16(20)18(15(19)23-2)13(12-8-5-4-6-9-12)10-7-11-14(18)25-17(21)22/h4-11,14H,3H2,1-2H3,(H,21,22). The summed E-state index contributed by atoms with van der Waals surface area (Å²) in [5.74, 6) is -1.90. The van der Waals surface area contributed by atoms with Crippen molar-refractivity contribution in [3.8, 4) is 0 Å². The van der Waals surface area contributed by atoms with E-state index in [4.69, 9.17) is 19.3 Å². The van der Waals surface area contributed by atoms with Crippen LogP contribution in [0.15, 0.2) is 48.6 Å². The number of rotatable bonds is 5. The fraction of sp³-hybridized carbons (Fsp3) is 0.278. The SMILES string of the molecule is CCOC(=O)C1(C(=O)OC)C(c2ccccc2)=CC=CC1OC(=O)O. The molecular weight excluding hydrogens is 328 g/mol. The molecular formula is C18H18O7. The largest absolute Gasteiger partial charge is 0.506 e. The van der Waals surface area contributed by atoms with Crippen LogP contribution in [-0.4, -0.2) is 43.0 Å². The summed E-state index contributed by atoms with van der Waals surface area (Å²) in [6, 6.07) is 8.63. The number of ether oxygens (including phenoxy) is 3. The minimum atomic E-state index is -2.08. The van der Waals surface area contributed by atoms with Crippen molar-refractivity contribution in [2.24, 2.45) is 5.41 Å². The van der Waals surface area contributed by atoms with Crippen LogP contribution < -0.4 is 0 Å². The third-order valence-electron chi connectivity index (χ3n) is 3.82. The average Bonchev–Trinajstić information content (AvgIpc) is 2.61. The lowest BCUT2D eigenvalue weighted by Crippen LogP contribution is -2.53. The number of esters is 2. The molecule has 2 atom stereocenters. The van der Waals surface area contributed by atoms with Gasteiger partial charge in [0.1, 0.15) is 0 Å². The van der Waals surface area contributed by atoms with E-state index in [0.29, 0.717) is 5.56 Å². The predicted molar refractivity (Wildman–Crippen MR) is 87.5 cm³/mol. The lowest BCUT2D eigenvalue weighted by molar-refractivity contribution is -0.171. The molecule has 0 aliphatic heterocycles. The summed E-state index contributed by atoms with van der Waals surface area (Å²) in [6.07, 6.45) is 1.34. The van der Waals surface area contributed by atoms with Crippen LogP contribution in [0.25, 0.3) is 5.57 Å². The van der Waals surface area contributed by atoms with Gasteiger partial charge in [0.2, 0.25) is 5.41 Å². The van der Waals surface area contributed by atoms with Crippen molar-refractivity contribution < 1.29 is 33.7 Å². The number of methoxy groups -OCH3 is 1. The van der Waals surface area contributed by atoms with Gasteiger partial charge < -0.3 is 19.3 Å². The van der Waals surface area contributed by atoms with E-state index in [1.54, 1.807) is 43.3 Å². The highest BCUT2D eigenvalue weighted by atomic mass is 16.7. The first-order valence-electron chi connectivity index (χ1n) is 7.58. The van der Waals surface area contributed by atoms with Crippen LogP contribution >= 0.6 is 0 Å². The van der Waals surface area contributed by atoms with Crippen LogP contribution in [-0.2, 0) is 23.8 Å². The molecule has 1 aromatic rings.